The van der Waals surface area contributed by atoms with Crippen LogP contribution in [0.4, 0.5) is 0 Å². The molecule has 0 heterocycles. The highest BCUT2D eigenvalue weighted by Crippen LogP contribution is 2.38. The Hall–Kier alpha value is -0.610. The summed E-state index contributed by atoms with van der Waals surface area (Å²) in [6.45, 7) is 23.4. The average Bonchev–Trinajstić information content (AvgIpc) is 2.99. The molecule has 46 heavy (non-hydrogen) atoms. The fraction of sp³-hybridized carbons (Fsp3) is 0.976. The van der Waals surface area contributed by atoms with Crippen LogP contribution in [0.2, 0.25) is 0 Å². The van der Waals surface area contributed by atoms with E-state index in [1.165, 1.54) is 135 Å². The molecule has 0 aromatic rings. The van der Waals surface area contributed by atoms with Gasteiger partial charge in [-0.05, 0) is 85.0 Å². The highest BCUT2D eigenvalue weighted by atomic mass is 16.5. The van der Waals surface area contributed by atoms with Gasteiger partial charge in [0.25, 0.3) is 0 Å². The summed E-state index contributed by atoms with van der Waals surface area (Å²) in [4.78, 5) is 13.1. The standard InChI is InChI=1S/C42H85NO3/c1-11-15-19-23-27-31-42(10,32-28-24-20-16-12-2)46-37-38(44)43-39(5,6)35-36-45-40(7,8)33-34-41(9,29-25-21-17-13-3)30-26-22-18-14-4/h11-37H2,1-10H3,(H,43,44). The topological polar surface area (TPSA) is 47.6 Å². The second-order valence-corrected chi connectivity index (χ2v) is 16.8. The van der Waals surface area contributed by atoms with Gasteiger partial charge in [-0.25, -0.2) is 0 Å². The van der Waals surface area contributed by atoms with Gasteiger partial charge in [0.15, 0.2) is 0 Å². The zero-order chi connectivity index (χ0) is 34.8. The van der Waals surface area contributed by atoms with Gasteiger partial charge in [-0.15, -0.1) is 0 Å². The Morgan fingerprint density at radius 1 is 0.478 bits per heavy atom. The maximum atomic E-state index is 13.1. The molecule has 0 aliphatic carbocycles. The number of carbonyl (C=O) groups excluding carboxylic acids is 1. The van der Waals surface area contributed by atoms with E-state index in [0.717, 1.165) is 25.7 Å². The minimum absolute atomic E-state index is 0.00522. The average molecular weight is 652 g/mol. The van der Waals surface area contributed by atoms with Crippen LogP contribution in [0.3, 0.4) is 0 Å². The lowest BCUT2D eigenvalue weighted by Gasteiger charge is -2.35. The Bertz CT molecular complexity index is 690. The van der Waals surface area contributed by atoms with E-state index in [9.17, 15) is 4.79 Å². The van der Waals surface area contributed by atoms with Crippen LogP contribution in [-0.2, 0) is 14.3 Å². The van der Waals surface area contributed by atoms with Crippen molar-refractivity contribution in [2.75, 3.05) is 13.2 Å². The highest BCUT2D eigenvalue weighted by Gasteiger charge is 2.30. The first-order chi connectivity index (χ1) is 21.8. The number of hydrogen-bond donors (Lipinski definition) is 1. The van der Waals surface area contributed by atoms with Gasteiger partial charge in [0.2, 0.25) is 5.91 Å². The summed E-state index contributed by atoms with van der Waals surface area (Å²) in [5, 5.41) is 3.26. The van der Waals surface area contributed by atoms with Crippen molar-refractivity contribution in [1.29, 1.82) is 0 Å². The summed E-state index contributed by atoms with van der Waals surface area (Å²) >= 11 is 0. The largest absolute Gasteiger partial charge is 0.375 e. The van der Waals surface area contributed by atoms with Crippen LogP contribution in [-0.4, -0.2) is 35.9 Å². The zero-order valence-corrected chi connectivity index (χ0v) is 33.3. The zero-order valence-electron chi connectivity index (χ0n) is 33.3. The molecular weight excluding hydrogens is 566 g/mol. The molecular formula is C42H85NO3. The number of hydrogen-bond acceptors (Lipinski definition) is 3. The van der Waals surface area contributed by atoms with E-state index in [1.807, 2.05) is 0 Å². The molecule has 0 aliphatic rings. The maximum Gasteiger partial charge on any atom is 0.246 e. The third-order valence-corrected chi connectivity index (χ3v) is 10.5. The maximum absolute atomic E-state index is 13.1. The number of carbonyl (C=O) groups is 1. The molecule has 276 valence electrons. The number of ether oxygens (including phenoxy) is 2. The van der Waals surface area contributed by atoms with E-state index >= 15 is 0 Å². The Morgan fingerprint density at radius 2 is 0.891 bits per heavy atom. The molecule has 0 unspecified atom stereocenters. The van der Waals surface area contributed by atoms with Crippen molar-refractivity contribution in [2.24, 2.45) is 5.41 Å². The first kappa shape index (κ1) is 45.4. The minimum Gasteiger partial charge on any atom is -0.375 e. The van der Waals surface area contributed by atoms with E-state index in [4.69, 9.17) is 9.47 Å². The number of unbranched alkanes of at least 4 members (excludes halogenated alkanes) is 14. The van der Waals surface area contributed by atoms with Crippen molar-refractivity contribution in [3.05, 3.63) is 0 Å². The molecule has 0 fully saturated rings. The lowest BCUT2D eigenvalue weighted by Crippen LogP contribution is -2.47. The fourth-order valence-corrected chi connectivity index (χ4v) is 6.78. The molecule has 4 nitrogen and oxygen atoms in total. The first-order valence-corrected chi connectivity index (χ1v) is 20.3. The number of amides is 1. The Kier molecular flexibility index (Phi) is 25.9. The minimum atomic E-state index is -0.333. The molecule has 0 rings (SSSR count). The third kappa shape index (κ3) is 25.4. The fourth-order valence-electron chi connectivity index (χ4n) is 6.78. The second kappa shape index (κ2) is 26.3. The molecule has 1 N–H and O–H groups in total. The van der Waals surface area contributed by atoms with Gasteiger partial charge in [-0.2, -0.15) is 0 Å². The molecule has 0 saturated carbocycles. The predicted molar refractivity (Wildman–Crippen MR) is 203 cm³/mol. The third-order valence-electron chi connectivity index (χ3n) is 10.5. The molecule has 1 amide bonds. The van der Waals surface area contributed by atoms with Crippen molar-refractivity contribution in [2.45, 2.75) is 246 Å². The van der Waals surface area contributed by atoms with E-state index in [0.29, 0.717) is 12.0 Å². The van der Waals surface area contributed by atoms with E-state index in [1.54, 1.807) is 0 Å². The van der Waals surface area contributed by atoms with Gasteiger partial charge >= 0.3 is 0 Å². The molecule has 0 atom stereocenters. The van der Waals surface area contributed by atoms with Crippen LogP contribution in [0.5, 0.6) is 0 Å². The van der Waals surface area contributed by atoms with Crippen molar-refractivity contribution in [3.8, 4) is 0 Å². The Morgan fingerprint density at radius 3 is 1.35 bits per heavy atom. The summed E-state index contributed by atoms with van der Waals surface area (Å²) < 4.78 is 12.9. The normalized spacial score (nSPS) is 13.0. The van der Waals surface area contributed by atoms with Crippen molar-refractivity contribution in [1.82, 2.24) is 5.32 Å². The van der Waals surface area contributed by atoms with Gasteiger partial charge < -0.3 is 14.8 Å². The Labute approximate surface area is 290 Å². The summed E-state index contributed by atoms with van der Waals surface area (Å²) in [5.41, 5.74) is -0.296. The molecule has 0 aliphatic heterocycles. The Balaban J connectivity index is 4.84. The molecule has 0 bridgehead atoms. The van der Waals surface area contributed by atoms with Gasteiger partial charge in [-0.1, -0.05) is 150 Å². The molecule has 0 radical (unpaired) electrons. The van der Waals surface area contributed by atoms with Gasteiger partial charge in [0.1, 0.15) is 6.61 Å². The molecule has 0 aromatic carbocycles. The van der Waals surface area contributed by atoms with Crippen LogP contribution >= 0.6 is 0 Å². The van der Waals surface area contributed by atoms with Crippen molar-refractivity contribution in [3.63, 3.8) is 0 Å². The lowest BCUT2D eigenvalue weighted by molar-refractivity contribution is -0.135. The smallest absolute Gasteiger partial charge is 0.246 e. The van der Waals surface area contributed by atoms with Crippen LogP contribution < -0.4 is 5.32 Å². The van der Waals surface area contributed by atoms with E-state index < -0.39 is 0 Å². The van der Waals surface area contributed by atoms with E-state index in [-0.39, 0.29) is 29.3 Å². The number of rotatable bonds is 33. The molecule has 0 aromatic heterocycles. The predicted octanol–water partition coefficient (Wildman–Crippen LogP) is 13.3. The van der Waals surface area contributed by atoms with Gasteiger partial charge in [0.05, 0.1) is 11.2 Å². The summed E-state index contributed by atoms with van der Waals surface area (Å²) in [7, 11) is 0. The van der Waals surface area contributed by atoms with Crippen LogP contribution in [0.1, 0.15) is 230 Å². The summed E-state index contributed by atoms with van der Waals surface area (Å²) in [6.07, 6.45) is 31.3. The quantitative estimate of drug-likeness (QED) is 0.0718. The van der Waals surface area contributed by atoms with Crippen LogP contribution in [0.15, 0.2) is 0 Å². The van der Waals surface area contributed by atoms with Gasteiger partial charge in [-0.3, -0.25) is 4.79 Å². The van der Waals surface area contributed by atoms with Gasteiger partial charge in [0, 0.05) is 12.1 Å². The monoisotopic (exact) mass is 652 g/mol. The lowest BCUT2D eigenvalue weighted by atomic mass is 9.74. The van der Waals surface area contributed by atoms with Crippen LogP contribution in [0, 0.1) is 5.41 Å². The summed E-state index contributed by atoms with van der Waals surface area (Å²) in [5.74, 6) is -0.00522. The molecule has 0 saturated heterocycles. The van der Waals surface area contributed by atoms with Crippen LogP contribution in [0.25, 0.3) is 0 Å². The summed E-state index contributed by atoms with van der Waals surface area (Å²) in [6, 6.07) is 0. The second-order valence-electron chi connectivity index (χ2n) is 16.8. The highest BCUT2D eigenvalue weighted by molar-refractivity contribution is 5.78. The SMILES string of the molecule is CCCCCCCC(C)(CCCCCCC)OCC(=O)NC(C)(C)CCOC(C)(C)CCC(C)(CCCCCC)CCCCCC. The van der Waals surface area contributed by atoms with Crippen molar-refractivity contribution < 1.29 is 14.3 Å². The molecule has 0 spiro atoms. The number of nitrogens with one attached hydrogen (secondary N) is 1. The first-order valence-electron chi connectivity index (χ1n) is 20.3. The van der Waals surface area contributed by atoms with E-state index in [2.05, 4.69) is 74.6 Å². The molecule has 4 heteroatoms. The van der Waals surface area contributed by atoms with Crippen molar-refractivity contribution >= 4 is 5.91 Å².